The second kappa shape index (κ2) is 12.4. The Hall–Kier alpha value is -3.35. The highest BCUT2D eigenvalue weighted by Gasteiger charge is 2.52. The van der Waals surface area contributed by atoms with Crippen LogP contribution in [0.25, 0.3) is 6.08 Å². The highest BCUT2D eigenvalue weighted by Crippen LogP contribution is 2.56. The third-order valence-electron chi connectivity index (χ3n) is 10.6. The third kappa shape index (κ3) is 5.99. The Bertz CT molecular complexity index is 1620. The molecule has 3 aromatic rings. The number of aryl methyl sites for hydroxylation is 2. The number of halogens is 1. The minimum absolute atomic E-state index is 0.248. The number of benzene rings is 2. The van der Waals surface area contributed by atoms with E-state index in [0.717, 1.165) is 36.1 Å². The number of aliphatic hydroxyl groups is 1. The lowest BCUT2D eigenvalue weighted by atomic mass is 9.61. The van der Waals surface area contributed by atoms with E-state index in [-0.39, 0.29) is 11.3 Å². The van der Waals surface area contributed by atoms with Crippen molar-refractivity contribution in [1.82, 2.24) is 4.98 Å². The van der Waals surface area contributed by atoms with Crippen molar-refractivity contribution in [3.8, 4) is 5.75 Å². The molecule has 0 amide bonds. The molecule has 1 unspecified atom stereocenters. The summed E-state index contributed by atoms with van der Waals surface area (Å²) in [5.74, 6) is 0.821. The number of ether oxygens (including phenoxy) is 1. The number of rotatable bonds is 9. The predicted octanol–water partition coefficient (Wildman–Crippen LogP) is 8.79. The number of carbonyl (C=O) groups is 1. The smallest absolute Gasteiger partial charge is 0.329 e. The molecule has 1 fully saturated rings. The Morgan fingerprint density at radius 3 is 2.64 bits per heavy atom. The summed E-state index contributed by atoms with van der Waals surface area (Å²) in [6, 6.07) is 13.6. The number of aliphatic carboxylic acids is 1. The van der Waals surface area contributed by atoms with Gasteiger partial charge in [-0.05, 0) is 124 Å². The van der Waals surface area contributed by atoms with Crippen LogP contribution in [-0.2, 0) is 16.6 Å². The topological polar surface area (TPSA) is 91.7 Å². The van der Waals surface area contributed by atoms with E-state index in [2.05, 4.69) is 49.3 Å². The first-order valence-electron chi connectivity index (χ1n) is 16.4. The summed E-state index contributed by atoms with van der Waals surface area (Å²) in [5, 5.41) is 25.0. The van der Waals surface area contributed by atoms with Gasteiger partial charge in [-0.25, -0.2) is 4.79 Å². The van der Waals surface area contributed by atoms with Crippen LogP contribution in [0.3, 0.4) is 0 Å². The van der Waals surface area contributed by atoms with Crippen LogP contribution >= 0.6 is 11.6 Å². The molecular formula is C38H45ClN2O4. The van der Waals surface area contributed by atoms with Gasteiger partial charge in [0.2, 0.25) is 0 Å². The van der Waals surface area contributed by atoms with Gasteiger partial charge in [-0.15, -0.1) is 0 Å². The molecule has 1 aromatic heterocycles. The van der Waals surface area contributed by atoms with Gasteiger partial charge in [-0.3, -0.25) is 4.98 Å². The largest absolute Gasteiger partial charge is 0.493 e. The zero-order chi connectivity index (χ0) is 31.9. The van der Waals surface area contributed by atoms with Gasteiger partial charge < -0.3 is 20.3 Å². The Morgan fingerprint density at radius 1 is 1.16 bits per heavy atom. The number of anilines is 1. The van der Waals surface area contributed by atoms with Crippen LogP contribution in [0, 0.1) is 12.8 Å². The van der Waals surface area contributed by atoms with Gasteiger partial charge >= 0.3 is 5.97 Å². The minimum Gasteiger partial charge on any atom is -0.493 e. The van der Waals surface area contributed by atoms with Gasteiger partial charge in [0.1, 0.15) is 11.3 Å². The molecule has 3 aliphatic carbocycles. The van der Waals surface area contributed by atoms with Gasteiger partial charge in [-0.2, -0.15) is 0 Å². The third-order valence-corrected chi connectivity index (χ3v) is 10.8. The SMILES string of the molecule is Cc1cc(C(C)O)cc2c1C=C(C[C@@H](C)COc1ccnc3c1[C@H](C)CCC3)C21CCC(Nc2cccc(Cl)c2)(C(=O)O)CC1. The molecule has 3 aliphatic rings. The number of hydrogen-bond donors (Lipinski definition) is 3. The number of pyridine rings is 1. The highest BCUT2D eigenvalue weighted by atomic mass is 35.5. The molecule has 7 heteroatoms. The second-order valence-electron chi connectivity index (χ2n) is 13.8. The number of aromatic nitrogens is 1. The molecule has 1 saturated carbocycles. The number of hydrogen-bond acceptors (Lipinski definition) is 5. The van der Waals surface area contributed by atoms with Gasteiger partial charge in [0.25, 0.3) is 0 Å². The molecule has 3 N–H and O–H groups in total. The maximum absolute atomic E-state index is 12.9. The van der Waals surface area contributed by atoms with E-state index < -0.39 is 17.6 Å². The number of allylic oxidation sites excluding steroid dienone is 1. The highest BCUT2D eigenvalue weighted by molar-refractivity contribution is 6.30. The Labute approximate surface area is 271 Å². The van der Waals surface area contributed by atoms with Gasteiger partial charge in [-0.1, -0.05) is 55.3 Å². The van der Waals surface area contributed by atoms with Crippen molar-refractivity contribution in [3.63, 3.8) is 0 Å². The maximum atomic E-state index is 12.9. The fourth-order valence-corrected chi connectivity index (χ4v) is 8.25. The van der Waals surface area contributed by atoms with Gasteiger partial charge in [0, 0.05) is 33.6 Å². The lowest BCUT2D eigenvalue weighted by Gasteiger charge is -2.46. The van der Waals surface area contributed by atoms with E-state index in [1.165, 1.54) is 34.4 Å². The molecular weight excluding hydrogens is 584 g/mol. The monoisotopic (exact) mass is 628 g/mol. The number of fused-ring (bicyclic) bond motifs is 3. The predicted molar refractivity (Wildman–Crippen MR) is 180 cm³/mol. The summed E-state index contributed by atoms with van der Waals surface area (Å²) in [6.07, 6.45) is 10.2. The molecule has 1 spiro atoms. The summed E-state index contributed by atoms with van der Waals surface area (Å²) in [7, 11) is 0. The van der Waals surface area contributed by atoms with E-state index >= 15 is 0 Å². The van der Waals surface area contributed by atoms with Crippen molar-refractivity contribution >= 4 is 29.3 Å². The van der Waals surface area contributed by atoms with Crippen molar-refractivity contribution in [2.45, 2.75) is 102 Å². The standard InChI is InChI=1S/C38H45ClN2O4/c1-23(22-45-34-11-16-40-33-10-5-7-24(2)35(33)34)17-28-20-31-25(3)18-27(26(4)42)19-32(31)37(28)12-14-38(15-13-37,36(43)44)41-30-9-6-8-29(39)21-30/h6,8-9,11,16,18-21,23-24,26,41-42H,5,7,10,12-15,17,22H2,1-4H3,(H,43,44)/t23-,24-,26?,37?,38?/m1/s1. The lowest BCUT2D eigenvalue weighted by molar-refractivity contribution is -0.143. The molecule has 0 saturated heterocycles. The summed E-state index contributed by atoms with van der Waals surface area (Å²) in [5.41, 5.74) is 7.60. The molecule has 0 bridgehead atoms. The molecule has 1 heterocycles. The molecule has 0 aliphatic heterocycles. The van der Waals surface area contributed by atoms with E-state index in [0.29, 0.717) is 48.9 Å². The summed E-state index contributed by atoms with van der Waals surface area (Å²) in [4.78, 5) is 17.5. The van der Waals surface area contributed by atoms with Crippen LogP contribution in [0.5, 0.6) is 5.75 Å². The molecule has 238 valence electrons. The summed E-state index contributed by atoms with van der Waals surface area (Å²) in [6.45, 7) is 9.03. The zero-order valence-corrected chi connectivity index (χ0v) is 27.6. The minimum atomic E-state index is -1.09. The van der Waals surface area contributed by atoms with Crippen molar-refractivity contribution in [3.05, 3.63) is 92.8 Å². The van der Waals surface area contributed by atoms with Gasteiger partial charge in [0.15, 0.2) is 0 Å². The van der Waals surface area contributed by atoms with Crippen molar-refractivity contribution in [1.29, 1.82) is 0 Å². The number of aliphatic hydroxyl groups excluding tert-OH is 1. The molecule has 6 nitrogen and oxygen atoms in total. The second-order valence-corrected chi connectivity index (χ2v) is 14.3. The normalized spacial score (nSPS) is 25.2. The first kappa shape index (κ1) is 31.6. The van der Waals surface area contributed by atoms with Crippen LogP contribution in [0.2, 0.25) is 5.02 Å². The maximum Gasteiger partial charge on any atom is 0.329 e. The van der Waals surface area contributed by atoms with E-state index in [1.807, 2.05) is 24.4 Å². The average Bonchev–Trinajstić information content (AvgIpc) is 3.30. The van der Waals surface area contributed by atoms with Crippen molar-refractivity contribution in [2.75, 3.05) is 11.9 Å². The Morgan fingerprint density at radius 2 is 1.93 bits per heavy atom. The van der Waals surface area contributed by atoms with Gasteiger partial charge in [0.05, 0.1) is 12.7 Å². The molecule has 45 heavy (non-hydrogen) atoms. The molecule has 3 atom stereocenters. The lowest BCUT2D eigenvalue weighted by Crippen LogP contribution is -2.52. The van der Waals surface area contributed by atoms with E-state index in [1.54, 1.807) is 19.1 Å². The van der Waals surface area contributed by atoms with E-state index in [4.69, 9.17) is 16.3 Å². The van der Waals surface area contributed by atoms with Crippen molar-refractivity contribution < 1.29 is 19.7 Å². The first-order valence-corrected chi connectivity index (χ1v) is 16.8. The quantitative estimate of drug-likeness (QED) is 0.219. The fourth-order valence-electron chi connectivity index (χ4n) is 8.06. The van der Waals surface area contributed by atoms with Crippen LogP contribution in [0.1, 0.15) is 111 Å². The summed E-state index contributed by atoms with van der Waals surface area (Å²) < 4.78 is 6.52. The van der Waals surface area contributed by atoms with E-state index in [9.17, 15) is 15.0 Å². The molecule has 6 rings (SSSR count). The van der Waals surface area contributed by atoms with Crippen LogP contribution in [-0.4, -0.2) is 33.3 Å². The number of nitrogens with one attached hydrogen (secondary N) is 1. The van der Waals surface area contributed by atoms with Crippen LogP contribution in [0.15, 0.2) is 54.2 Å². The Balaban J connectivity index is 1.27. The van der Waals surface area contributed by atoms with Crippen molar-refractivity contribution in [2.24, 2.45) is 5.92 Å². The number of carboxylic acid groups (broad SMARTS) is 1. The molecule has 0 radical (unpaired) electrons. The first-order chi connectivity index (χ1) is 21.5. The molecule has 2 aromatic carbocycles. The average molecular weight is 629 g/mol. The zero-order valence-electron chi connectivity index (χ0n) is 26.8. The van der Waals surface area contributed by atoms with Crippen LogP contribution in [0.4, 0.5) is 5.69 Å². The number of nitrogens with zero attached hydrogens (tertiary/aromatic N) is 1. The van der Waals surface area contributed by atoms with Crippen LogP contribution < -0.4 is 10.1 Å². The summed E-state index contributed by atoms with van der Waals surface area (Å²) >= 11 is 6.24. The Kier molecular flexibility index (Phi) is 8.75. The number of carboxylic acids is 1. The fraction of sp³-hybridized carbons (Fsp3) is 0.474.